The molecule has 0 spiro atoms. The summed E-state index contributed by atoms with van der Waals surface area (Å²) in [5, 5.41) is 76.6. The van der Waals surface area contributed by atoms with Gasteiger partial charge < -0.3 is 60.0 Å². The zero-order valence-corrected chi connectivity index (χ0v) is 31.3. The van der Waals surface area contributed by atoms with Crippen molar-refractivity contribution in [3.05, 3.63) is 0 Å². The smallest absolute Gasteiger partial charge is 0.187 e. The van der Waals surface area contributed by atoms with Crippen LogP contribution in [0.5, 0.6) is 0 Å². The molecule has 0 bridgehead atoms. The van der Waals surface area contributed by atoms with Crippen molar-refractivity contribution in [2.24, 2.45) is 52.3 Å². The van der Waals surface area contributed by atoms with Crippen LogP contribution < -0.4 is 5.32 Å². The Hall–Kier alpha value is -0.810. The van der Waals surface area contributed by atoms with E-state index in [2.05, 4.69) is 33.0 Å². The Morgan fingerprint density at radius 1 is 0.788 bits per heavy atom. The number of aliphatic hydroxyl groups excluding tert-OH is 7. The SMILES string of the molecule is C[C@@H]1CCC([C@@H](C)[C@H]2CC[C@H]3[C@@H]4CC(=O)[C@H]5C[C@@H](O[C@@H]6O[C@H](CO)[C@@H](O[C@@H]7O[C@H](CO)[C@@H](O)[C@H](O)[C@H]7O)[C@H](O)[C@H]6O)CC[C@]5(C)[C@H]4CC[C@]23C)NC1. The Bertz CT molecular complexity index is 1250. The minimum absolute atomic E-state index is 0.129. The summed E-state index contributed by atoms with van der Waals surface area (Å²) in [4.78, 5) is 14.2. The molecule has 13 heteroatoms. The lowest BCUT2D eigenvalue weighted by atomic mass is 9.44. The van der Waals surface area contributed by atoms with Crippen LogP contribution in [0.3, 0.4) is 0 Å². The first-order chi connectivity index (χ1) is 24.7. The molecule has 0 radical (unpaired) electrons. The van der Waals surface area contributed by atoms with E-state index in [1.807, 2.05) is 0 Å². The zero-order valence-electron chi connectivity index (χ0n) is 31.3. The van der Waals surface area contributed by atoms with Gasteiger partial charge in [0, 0.05) is 18.4 Å². The maximum Gasteiger partial charge on any atom is 0.187 e. The number of aliphatic hydroxyl groups is 7. The maximum atomic E-state index is 14.2. The molecular formula is C39H65NO12. The molecule has 4 aliphatic carbocycles. The van der Waals surface area contributed by atoms with Gasteiger partial charge in [-0.15, -0.1) is 0 Å². The molecule has 7 aliphatic rings. The van der Waals surface area contributed by atoms with Gasteiger partial charge in [0.1, 0.15) is 54.6 Å². The van der Waals surface area contributed by atoms with Gasteiger partial charge in [0.25, 0.3) is 0 Å². The molecule has 21 atom stereocenters. The molecule has 13 nitrogen and oxygen atoms in total. The summed E-state index contributed by atoms with van der Waals surface area (Å²) < 4.78 is 23.3. The third kappa shape index (κ3) is 6.74. The van der Waals surface area contributed by atoms with E-state index in [1.54, 1.807) is 0 Å². The molecule has 0 aromatic carbocycles. The van der Waals surface area contributed by atoms with E-state index in [4.69, 9.17) is 18.9 Å². The Morgan fingerprint density at radius 3 is 2.13 bits per heavy atom. The van der Waals surface area contributed by atoms with Crippen LogP contribution in [-0.4, -0.2) is 135 Å². The van der Waals surface area contributed by atoms with Crippen LogP contribution in [0, 0.1) is 52.3 Å². The van der Waals surface area contributed by atoms with Crippen LogP contribution in [0.4, 0.5) is 0 Å². The Morgan fingerprint density at radius 2 is 1.44 bits per heavy atom. The van der Waals surface area contributed by atoms with Crippen molar-refractivity contribution < 1.29 is 59.5 Å². The number of carbonyl (C=O) groups is 1. The van der Waals surface area contributed by atoms with E-state index < -0.39 is 80.7 Å². The van der Waals surface area contributed by atoms with E-state index in [0.717, 1.165) is 25.3 Å². The third-order valence-corrected chi connectivity index (χ3v) is 15.7. The molecule has 3 saturated heterocycles. The molecule has 8 N–H and O–H groups in total. The maximum absolute atomic E-state index is 14.2. The summed E-state index contributed by atoms with van der Waals surface area (Å²) in [7, 11) is 0. The van der Waals surface area contributed by atoms with E-state index in [0.29, 0.717) is 60.7 Å². The number of ether oxygens (including phenoxy) is 4. The van der Waals surface area contributed by atoms with E-state index in [9.17, 15) is 40.5 Å². The van der Waals surface area contributed by atoms with Crippen LogP contribution >= 0.6 is 0 Å². The van der Waals surface area contributed by atoms with E-state index in [1.165, 1.54) is 32.1 Å². The second kappa shape index (κ2) is 15.3. The van der Waals surface area contributed by atoms with Gasteiger partial charge >= 0.3 is 0 Å². The fraction of sp³-hybridized carbons (Fsp3) is 0.974. The number of hydrogen-bond donors (Lipinski definition) is 8. The van der Waals surface area contributed by atoms with E-state index >= 15 is 0 Å². The van der Waals surface area contributed by atoms with Gasteiger partial charge in [-0.1, -0.05) is 27.7 Å². The highest BCUT2D eigenvalue weighted by Gasteiger charge is 2.63. The van der Waals surface area contributed by atoms with Gasteiger partial charge in [-0.3, -0.25) is 4.79 Å². The quantitative estimate of drug-likeness (QED) is 0.163. The van der Waals surface area contributed by atoms with Crippen molar-refractivity contribution in [3.63, 3.8) is 0 Å². The number of carbonyl (C=O) groups excluding carboxylic acids is 1. The number of ketones is 1. The van der Waals surface area contributed by atoms with Crippen LogP contribution in [0.25, 0.3) is 0 Å². The molecule has 298 valence electrons. The molecule has 4 saturated carbocycles. The number of piperidine rings is 1. The van der Waals surface area contributed by atoms with Crippen molar-refractivity contribution >= 4 is 5.78 Å². The average molecular weight is 740 g/mol. The first kappa shape index (κ1) is 39.4. The molecule has 1 unspecified atom stereocenters. The first-order valence-corrected chi connectivity index (χ1v) is 20.2. The Labute approximate surface area is 307 Å². The summed E-state index contributed by atoms with van der Waals surface area (Å²) in [6.07, 6.45) is -5.43. The number of rotatable bonds is 8. The fourth-order valence-electron chi connectivity index (χ4n) is 12.6. The standard InChI is InChI=1S/C39H65NO12/c1-18-5-8-26(40-15-18)19(2)22-6-7-23-21-14-27(43)25-13-20(9-11-39(25,4)24(21)10-12-38(22,23)3)49-36-34(48)32(46)35(29(17-42)51-36)52-37-33(47)31(45)30(44)28(16-41)50-37/h18-26,28-37,40-42,44-48H,5-17H2,1-4H3/t18-,19+,20+,21+,22-,23+,24+,25-,26?,28-,29-,30-,31+,32-,33-,34-,35-,36-,37+,38-,39-/m1/s1. The van der Waals surface area contributed by atoms with Gasteiger partial charge in [0.05, 0.1) is 19.3 Å². The fourth-order valence-corrected chi connectivity index (χ4v) is 12.6. The molecular weight excluding hydrogens is 674 g/mol. The monoisotopic (exact) mass is 739 g/mol. The van der Waals surface area contributed by atoms with Gasteiger partial charge in [-0.05, 0) is 111 Å². The van der Waals surface area contributed by atoms with Crippen molar-refractivity contribution in [2.75, 3.05) is 19.8 Å². The van der Waals surface area contributed by atoms with Gasteiger partial charge in [-0.25, -0.2) is 0 Å². The highest BCUT2D eigenvalue weighted by atomic mass is 16.7. The number of nitrogens with one attached hydrogen (secondary N) is 1. The van der Waals surface area contributed by atoms with Crippen LogP contribution in [0.15, 0.2) is 0 Å². The van der Waals surface area contributed by atoms with Crippen molar-refractivity contribution in [1.82, 2.24) is 5.32 Å². The lowest BCUT2D eigenvalue weighted by molar-refractivity contribution is -0.364. The number of Topliss-reactive ketones (excluding diaryl/α,β-unsaturated/α-hetero) is 1. The first-order valence-electron chi connectivity index (χ1n) is 20.2. The number of hydrogen-bond acceptors (Lipinski definition) is 13. The van der Waals surface area contributed by atoms with Gasteiger partial charge in [0.15, 0.2) is 12.6 Å². The summed E-state index contributed by atoms with van der Waals surface area (Å²) in [6, 6.07) is 0.584. The van der Waals surface area contributed by atoms with Gasteiger partial charge in [0.2, 0.25) is 0 Å². The van der Waals surface area contributed by atoms with Crippen LogP contribution in [-0.2, 0) is 23.7 Å². The second-order valence-electron chi connectivity index (χ2n) is 18.4. The predicted molar refractivity (Wildman–Crippen MR) is 186 cm³/mol. The highest BCUT2D eigenvalue weighted by molar-refractivity contribution is 5.83. The second-order valence-corrected chi connectivity index (χ2v) is 18.4. The molecule has 0 aromatic heterocycles. The molecule has 7 rings (SSSR count). The summed E-state index contributed by atoms with van der Waals surface area (Å²) >= 11 is 0. The predicted octanol–water partition coefficient (Wildman–Crippen LogP) is 0.858. The van der Waals surface area contributed by atoms with E-state index in [-0.39, 0.29) is 16.7 Å². The highest BCUT2D eigenvalue weighted by Crippen LogP contribution is 2.68. The minimum atomic E-state index is -1.74. The average Bonchev–Trinajstić information content (AvgIpc) is 3.49. The molecule has 3 aliphatic heterocycles. The summed E-state index contributed by atoms with van der Waals surface area (Å²) in [6.45, 7) is 9.49. The summed E-state index contributed by atoms with van der Waals surface area (Å²) in [5.74, 6) is 3.66. The zero-order chi connectivity index (χ0) is 37.3. The van der Waals surface area contributed by atoms with Crippen molar-refractivity contribution in [2.45, 2.75) is 165 Å². The summed E-state index contributed by atoms with van der Waals surface area (Å²) in [5.41, 5.74) is 0.132. The van der Waals surface area contributed by atoms with Crippen LogP contribution in [0.2, 0.25) is 0 Å². The Balaban J connectivity index is 0.981. The van der Waals surface area contributed by atoms with Crippen molar-refractivity contribution in [1.29, 1.82) is 0 Å². The molecule has 0 aromatic rings. The topological polar surface area (TPSA) is 208 Å². The molecule has 7 fully saturated rings. The lowest BCUT2D eigenvalue weighted by Crippen LogP contribution is -2.65. The molecule has 52 heavy (non-hydrogen) atoms. The minimum Gasteiger partial charge on any atom is -0.394 e. The normalized spacial score (nSPS) is 54.6. The van der Waals surface area contributed by atoms with Crippen LogP contribution in [0.1, 0.15) is 91.9 Å². The third-order valence-electron chi connectivity index (χ3n) is 15.7. The lowest BCUT2D eigenvalue weighted by Gasteiger charge is -2.61. The largest absolute Gasteiger partial charge is 0.394 e. The Kier molecular flexibility index (Phi) is 11.6. The molecule has 3 heterocycles. The van der Waals surface area contributed by atoms with Gasteiger partial charge in [-0.2, -0.15) is 0 Å². The number of fused-ring (bicyclic) bond motifs is 5. The molecule has 0 amide bonds. The van der Waals surface area contributed by atoms with Crippen molar-refractivity contribution in [3.8, 4) is 0 Å².